The van der Waals surface area contributed by atoms with E-state index in [9.17, 15) is 4.79 Å². The van der Waals surface area contributed by atoms with E-state index in [1.165, 1.54) is 32.0 Å². The standard InChI is InChI=1S/C15H19N5OS/c1-11-16-6-7-20(11)14-8-13(17-10-18-14)19-15(21)9-22-12-4-2-3-5-12/h6-8,10,12H,2-5,9H2,1H3,(H,17,18,19,21). The largest absolute Gasteiger partial charge is 0.310 e. The molecule has 0 spiro atoms. The fourth-order valence-electron chi connectivity index (χ4n) is 2.59. The molecule has 22 heavy (non-hydrogen) atoms. The van der Waals surface area contributed by atoms with Gasteiger partial charge in [0.15, 0.2) is 0 Å². The summed E-state index contributed by atoms with van der Waals surface area (Å²) in [5.74, 6) is 2.53. The van der Waals surface area contributed by atoms with Gasteiger partial charge in [-0.25, -0.2) is 15.0 Å². The van der Waals surface area contributed by atoms with Gasteiger partial charge in [-0.3, -0.25) is 9.36 Å². The van der Waals surface area contributed by atoms with Crippen LogP contribution in [0, 0.1) is 6.92 Å². The summed E-state index contributed by atoms with van der Waals surface area (Å²) < 4.78 is 1.85. The van der Waals surface area contributed by atoms with Crippen LogP contribution in [0.3, 0.4) is 0 Å². The summed E-state index contributed by atoms with van der Waals surface area (Å²) in [5, 5.41) is 3.48. The fraction of sp³-hybridized carbons (Fsp3) is 0.467. The van der Waals surface area contributed by atoms with Gasteiger partial charge in [0.1, 0.15) is 23.8 Å². The molecule has 1 saturated carbocycles. The van der Waals surface area contributed by atoms with Crippen molar-refractivity contribution in [2.75, 3.05) is 11.1 Å². The van der Waals surface area contributed by atoms with E-state index in [-0.39, 0.29) is 5.91 Å². The lowest BCUT2D eigenvalue weighted by atomic mass is 10.4. The lowest BCUT2D eigenvalue weighted by Gasteiger charge is -2.09. The van der Waals surface area contributed by atoms with Crippen molar-refractivity contribution in [1.29, 1.82) is 0 Å². The van der Waals surface area contributed by atoms with Crippen LogP contribution >= 0.6 is 11.8 Å². The Morgan fingerprint density at radius 1 is 1.36 bits per heavy atom. The Balaban J connectivity index is 1.60. The Morgan fingerprint density at radius 3 is 2.91 bits per heavy atom. The monoisotopic (exact) mass is 317 g/mol. The molecule has 1 amide bonds. The van der Waals surface area contributed by atoms with Crippen LogP contribution in [-0.4, -0.2) is 36.4 Å². The van der Waals surface area contributed by atoms with E-state index in [2.05, 4.69) is 20.3 Å². The molecule has 0 aliphatic heterocycles. The van der Waals surface area contributed by atoms with Gasteiger partial charge in [-0.1, -0.05) is 12.8 Å². The molecule has 3 rings (SSSR count). The van der Waals surface area contributed by atoms with Crippen LogP contribution in [0.1, 0.15) is 31.5 Å². The number of imidazole rings is 1. The van der Waals surface area contributed by atoms with E-state index in [1.807, 2.05) is 17.7 Å². The van der Waals surface area contributed by atoms with Crippen molar-refractivity contribution in [3.63, 3.8) is 0 Å². The molecule has 0 bridgehead atoms. The van der Waals surface area contributed by atoms with Gasteiger partial charge in [-0.05, 0) is 19.8 Å². The molecule has 0 radical (unpaired) electrons. The molecule has 0 saturated heterocycles. The minimum atomic E-state index is -0.0103. The van der Waals surface area contributed by atoms with Crippen molar-refractivity contribution < 1.29 is 4.79 Å². The highest BCUT2D eigenvalue weighted by Gasteiger charge is 2.17. The predicted molar refractivity (Wildman–Crippen MR) is 87.2 cm³/mol. The summed E-state index contributed by atoms with van der Waals surface area (Å²) >= 11 is 1.75. The van der Waals surface area contributed by atoms with Gasteiger partial charge in [-0.15, -0.1) is 11.8 Å². The average Bonchev–Trinajstić information content (AvgIpc) is 3.16. The first kappa shape index (κ1) is 15.0. The van der Waals surface area contributed by atoms with Crippen LogP contribution in [0.5, 0.6) is 0 Å². The number of hydrogen-bond donors (Lipinski definition) is 1. The Bertz CT molecular complexity index is 651. The lowest BCUT2D eigenvalue weighted by Crippen LogP contribution is -2.17. The van der Waals surface area contributed by atoms with Crippen molar-refractivity contribution in [3.05, 3.63) is 30.6 Å². The number of anilines is 1. The highest BCUT2D eigenvalue weighted by atomic mass is 32.2. The topological polar surface area (TPSA) is 72.7 Å². The Morgan fingerprint density at radius 2 is 2.18 bits per heavy atom. The van der Waals surface area contributed by atoms with Gasteiger partial charge >= 0.3 is 0 Å². The zero-order valence-corrected chi connectivity index (χ0v) is 13.3. The number of aromatic nitrogens is 4. The van der Waals surface area contributed by atoms with E-state index in [1.54, 1.807) is 24.0 Å². The van der Waals surface area contributed by atoms with Gasteiger partial charge in [0.2, 0.25) is 5.91 Å². The number of amides is 1. The van der Waals surface area contributed by atoms with Crippen LogP contribution in [0.2, 0.25) is 0 Å². The van der Waals surface area contributed by atoms with Crippen LogP contribution in [-0.2, 0) is 4.79 Å². The van der Waals surface area contributed by atoms with Gasteiger partial charge in [0.25, 0.3) is 0 Å². The van der Waals surface area contributed by atoms with Crippen molar-refractivity contribution in [1.82, 2.24) is 19.5 Å². The number of nitrogens with zero attached hydrogens (tertiary/aromatic N) is 4. The normalized spacial score (nSPS) is 15.1. The number of rotatable bonds is 5. The molecule has 2 aromatic rings. The third-order valence-electron chi connectivity index (χ3n) is 3.75. The second-order valence-corrected chi connectivity index (χ2v) is 6.66. The zero-order valence-electron chi connectivity index (χ0n) is 12.5. The summed E-state index contributed by atoms with van der Waals surface area (Å²) in [7, 11) is 0. The van der Waals surface area contributed by atoms with E-state index in [4.69, 9.17) is 0 Å². The van der Waals surface area contributed by atoms with Gasteiger partial charge in [0.05, 0.1) is 5.75 Å². The highest BCUT2D eigenvalue weighted by molar-refractivity contribution is 8.00. The third kappa shape index (κ3) is 3.65. The van der Waals surface area contributed by atoms with Crippen molar-refractivity contribution >= 4 is 23.5 Å². The van der Waals surface area contributed by atoms with Crippen molar-refractivity contribution in [2.45, 2.75) is 37.9 Å². The summed E-state index contributed by atoms with van der Waals surface area (Å²) in [6.45, 7) is 1.90. The molecule has 2 aromatic heterocycles. The van der Waals surface area contributed by atoms with Gasteiger partial charge in [0, 0.05) is 23.7 Å². The van der Waals surface area contributed by atoms with E-state index >= 15 is 0 Å². The third-order valence-corrected chi connectivity index (χ3v) is 5.12. The summed E-state index contributed by atoms with van der Waals surface area (Å²) in [5.41, 5.74) is 0. The fourth-order valence-corrected chi connectivity index (χ4v) is 3.72. The van der Waals surface area contributed by atoms with E-state index < -0.39 is 0 Å². The molecule has 0 aromatic carbocycles. The average molecular weight is 317 g/mol. The number of carbonyl (C=O) groups is 1. The van der Waals surface area contributed by atoms with E-state index in [0.717, 1.165) is 5.82 Å². The zero-order chi connectivity index (χ0) is 15.4. The van der Waals surface area contributed by atoms with Crippen LogP contribution < -0.4 is 5.32 Å². The van der Waals surface area contributed by atoms with Gasteiger partial charge < -0.3 is 5.32 Å². The molecule has 1 aliphatic rings. The maximum Gasteiger partial charge on any atom is 0.235 e. The second-order valence-electron chi connectivity index (χ2n) is 5.37. The minimum absolute atomic E-state index is 0.0103. The second kappa shape index (κ2) is 6.91. The summed E-state index contributed by atoms with van der Waals surface area (Å²) in [4.78, 5) is 24.5. The first-order chi connectivity index (χ1) is 10.7. The minimum Gasteiger partial charge on any atom is -0.310 e. The summed E-state index contributed by atoms with van der Waals surface area (Å²) in [6, 6.07) is 1.76. The molecule has 0 atom stereocenters. The molecule has 0 unspecified atom stereocenters. The number of thioether (sulfide) groups is 1. The maximum absolute atomic E-state index is 12.0. The molecule has 1 fully saturated rings. The predicted octanol–water partition coefficient (Wildman–Crippen LogP) is 2.59. The lowest BCUT2D eigenvalue weighted by molar-refractivity contribution is -0.113. The molecule has 2 heterocycles. The van der Waals surface area contributed by atoms with Gasteiger partial charge in [-0.2, -0.15) is 0 Å². The quantitative estimate of drug-likeness (QED) is 0.917. The number of carbonyl (C=O) groups excluding carboxylic acids is 1. The number of aryl methyl sites for hydroxylation is 1. The maximum atomic E-state index is 12.0. The first-order valence-corrected chi connectivity index (χ1v) is 8.51. The van der Waals surface area contributed by atoms with Crippen LogP contribution in [0.25, 0.3) is 5.82 Å². The summed E-state index contributed by atoms with van der Waals surface area (Å²) in [6.07, 6.45) is 10.0. The molecule has 1 aliphatic carbocycles. The smallest absolute Gasteiger partial charge is 0.235 e. The van der Waals surface area contributed by atoms with Crippen LogP contribution in [0.4, 0.5) is 5.82 Å². The SMILES string of the molecule is Cc1nccn1-c1cc(NC(=O)CSC2CCCC2)ncn1. The Kier molecular flexibility index (Phi) is 4.72. The molecule has 1 N–H and O–H groups in total. The highest BCUT2D eigenvalue weighted by Crippen LogP contribution is 2.29. The van der Waals surface area contributed by atoms with E-state index in [0.29, 0.717) is 22.6 Å². The Labute approximate surface area is 133 Å². The van der Waals surface area contributed by atoms with Crippen LogP contribution in [0.15, 0.2) is 24.8 Å². The molecule has 7 heteroatoms. The van der Waals surface area contributed by atoms with Crippen molar-refractivity contribution in [2.24, 2.45) is 0 Å². The molecule has 116 valence electrons. The number of nitrogens with one attached hydrogen (secondary N) is 1. The molecule has 6 nitrogen and oxygen atoms in total. The first-order valence-electron chi connectivity index (χ1n) is 7.46. The number of hydrogen-bond acceptors (Lipinski definition) is 5. The van der Waals surface area contributed by atoms with Crippen molar-refractivity contribution in [3.8, 4) is 5.82 Å². The molecular formula is C15H19N5OS. The Hall–Kier alpha value is -1.89. The molecular weight excluding hydrogens is 298 g/mol.